The zero-order chi connectivity index (χ0) is 12.4. The smallest absolute Gasteiger partial charge is 0.221 e. The van der Waals surface area contributed by atoms with E-state index in [1.165, 1.54) is 0 Å². The van der Waals surface area contributed by atoms with Crippen LogP contribution in [0, 0.1) is 0 Å². The number of allylic oxidation sites excluding steroid dienone is 1. The van der Waals surface area contributed by atoms with Crippen LogP contribution in [-0.2, 0) is 0 Å². The van der Waals surface area contributed by atoms with Gasteiger partial charge in [0.15, 0.2) is 5.76 Å². The molecule has 0 saturated carbocycles. The molecule has 0 aliphatic rings. The van der Waals surface area contributed by atoms with Gasteiger partial charge in [0.25, 0.3) is 0 Å². The summed E-state index contributed by atoms with van der Waals surface area (Å²) in [5, 5.41) is 2.93. The molecule has 88 valence electrons. The third-order valence-corrected chi connectivity index (χ3v) is 3.45. The number of fused-ring (bicyclic) bond motifs is 1. The number of hydrogen-bond donors (Lipinski definition) is 0. The molecule has 0 amide bonds. The van der Waals surface area contributed by atoms with Crippen molar-refractivity contribution in [3.05, 3.63) is 64.6 Å². The number of ketones is 1. The number of para-hydroxylation sites is 1. The number of furan rings is 1. The molecule has 18 heavy (non-hydrogen) atoms. The van der Waals surface area contributed by atoms with Gasteiger partial charge in [0.1, 0.15) is 5.58 Å². The third kappa shape index (κ3) is 2.13. The van der Waals surface area contributed by atoms with Gasteiger partial charge in [0.2, 0.25) is 5.78 Å². The Morgan fingerprint density at radius 3 is 2.83 bits per heavy atom. The zero-order valence-corrected chi connectivity index (χ0v) is 10.3. The average Bonchev–Trinajstić information content (AvgIpc) is 3.04. The number of carbonyl (C=O) groups is 1. The minimum Gasteiger partial charge on any atom is -0.453 e. The lowest BCUT2D eigenvalue weighted by Crippen LogP contribution is -1.89. The SMILES string of the molecule is O=C(/C=C/c1cccs1)c1cc2ccccc2o1. The Bertz CT molecular complexity index is 672. The molecule has 0 atom stereocenters. The quantitative estimate of drug-likeness (QED) is 0.512. The second kappa shape index (κ2) is 4.63. The summed E-state index contributed by atoms with van der Waals surface area (Å²) < 4.78 is 5.50. The fraction of sp³-hybridized carbons (Fsp3) is 0. The Morgan fingerprint density at radius 2 is 2.06 bits per heavy atom. The van der Waals surface area contributed by atoms with E-state index in [4.69, 9.17) is 4.42 Å². The van der Waals surface area contributed by atoms with Crippen molar-refractivity contribution < 1.29 is 9.21 Å². The van der Waals surface area contributed by atoms with Gasteiger partial charge in [-0.05, 0) is 35.7 Å². The number of carbonyl (C=O) groups excluding carboxylic acids is 1. The minimum atomic E-state index is -0.111. The molecule has 0 aliphatic heterocycles. The van der Waals surface area contributed by atoms with Crippen molar-refractivity contribution in [2.45, 2.75) is 0 Å². The maximum Gasteiger partial charge on any atom is 0.221 e. The summed E-state index contributed by atoms with van der Waals surface area (Å²) in [4.78, 5) is 13.0. The Kier molecular flexibility index (Phi) is 2.82. The van der Waals surface area contributed by atoms with Crippen LogP contribution in [0.2, 0.25) is 0 Å². The molecule has 0 bridgehead atoms. The Morgan fingerprint density at radius 1 is 1.17 bits per heavy atom. The monoisotopic (exact) mass is 254 g/mol. The van der Waals surface area contributed by atoms with Gasteiger partial charge < -0.3 is 4.42 Å². The summed E-state index contributed by atoms with van der Waals surface area (Å²) in [7, 11) is 0. The van der Waals surface area contributed by atoms with Crippen LogP contribution in [0.15, 0.2) is 58.3 Å². The second-order valence-corrected chi connectivity index (χ2v) is 4.84. The van der Waals surface area contributed by atoms with Crippen LogP contribution in [0.1, 0.15) is 15.4 Å². The molecule has 0 saturated heterocycles. The van der Waals surface area contributed by atoms with Gasteiger partial charge >= 0.3 is 0 Å². The first-order chi connectivity index (χ1) is 8.83. The number of benzene rings is 1. The van der Waals surface area contributed by atoms with Crippen molar-refractivity contribution >= 4 is 34.2 Å². The van der Waals surface area contributed by atoms with Crippen LogP contribution in [0.25, 0.3) is 17.0 Å². The molecule has 3 rings (SSSR count). The molecule has 2 aromatic heterocycles. The first-order valence-corrected chi connectivity index (χ1v) is 6.45. The summed E-state index contributed by atoms with van der Waals surface area (Å²) in [6, 6.07) is 13.3. The van der Waals surface area contributed by atoms with E-state index in [-0.39, 0.29) is 5.78 Å². The van der Waals surface area contributed by atoms with Gasteiger partial charge in [0.05, 0.1) is 0 Å². The fourth-order valence-electron chi connectivity index (χ4n) is 1.73. The Hall–Kier alpha value is -2.13. The van der Waals surface area contributed by atoms with Gasteiger partial charge in [-0.2, -0.15) is 0 Å². The first kappa shape index (κ1) is 11.0. The van der Waals surface area contributed by atoms with Gasteiger partial charge in [-0.1, -0.05) is 24.3 Å². The summed E-state index contributed by atoms with van der Waals surface area (Å²) in [5.74, 6) is 0.267. The molecule has 1 aromatic carbocycles. The molecular weight excluding hydrogens is 244 g/mol. The number of thiophene rings is 1. The molecule has 2 heterocycles. The largest absolute Gasteiger partial charge is 0.453 e. The molecule has 2 nitrogen and oxygen atoms in total. The lowest BCUT2D eigenvalue weighted by atomic mass is 10.2. The fourth-order valence-corrected chi connectivity index (χ4v) is 2.35. The van der Waals surface area contributed by atoms with Crippen molar-refractivity contribution in [1.82, 2.24) is 0 Å². The highest BCUT2D eigenvalue weighted by atomic mass is 32.1. The van der Waals surface area contributed by atoms with Crippen LogP contribution in [0.5, 0.6) is 0 Å². The molecule has 3 heteroatoms. The van der Waals surface area contributed by atoms with E-state index in [2.05, 4.69) is 0 Å². The van der Waals surface area contributed by atoms with Crippen LogP contribution in [-0.4, -0.2) is 5.78 Å². The van der Waals surface area contributed by atoms with Crippen molar-refractivity contribution in [2.24, 2.45) is 0 Å². The zero-order valence-electron chi connectivity index (χ0n) is 9.50. The van der Waals surface area contributed by atoms with Crippen LogP contribution in [0.3, 0.4) is 0 Å². The topological polar surface area (TPSA) is 30.2 Å². The molecule has 0 radical (unpaired) electrons. The second-order valence-electron chi connectivity index (χ2n) is 3.86. The average molecular weight is 254 g/mol. The molecule has 3 aromatic rings. The van der Waals surface area contributed by atoms with Crippen LogP contribution < -0.4 is 0 Å². The summed E-state index contributed by atoms with van der Waals surface area (Å²) in [6.45, 7) is 0. The van der Waals surface area contributed by atoms with Gasteiger partial charge in [-0.3, -0.25) is 4.79 Å². The molecule has 0 spiro atoms. The maximum atomic E-state index is 11.9. The predicted octanol–water partition coefficient (Wildman–Crippen LogP) is 4.39. The Labute approximate surface area is 108 Å². The van der Waals surface area contributed by atoms with E-state index in [1.54, 1.807) is 29.6 Å². The van der Waals surface area contributed by atoms with E-state index in [9.17, 15) is 4.79 Å². The van der Waals surface area contributed by atoms with Crippen molar-refractivity contribution in [3.63, 3.8) is 0 Å². The lowest BCUT2D eigenvalue weighted by molar-refractivity contribution is 0.102. The highest BCUT2D eigenvalue weighted by Gasteiger charge is 2.08. The summed E-state index contributed by atoms with van der Waals surface area (Å²) in [5.41, 5.74) is 0.741. The highest BCUT2D eigenvalue weighted by molar-refractivity contribution is 7.10. The molecule has 0 aliphatic carbocycles. The normalized spacial score (nSPS) is 11.3. The highest BCUT2D eigenvalue weighted by Crippen LogP contribution is 2.20. The molecule has 0 fully saturated rings. The first-order valence-electron chi connectivity index (χ1n) is 5.57. The van der Waals surface area contributed by atoms with Crippen LogP contribution >= 0.6 is 11.3 Å². The van der Waals surface area contributed by atoms with E-state index in [0.717, 1.165) is 15.8 Å². The minimum absolute atomic E-state index is 0.111. The van der Waals surface area contributed by atoms with Gasteiger partial charge in [0, 0.05) is 10.3 Å². The summed E-state index contributed by atoms with van der Waals surface area (Å²) >= 11 is 1.60. The standard InChI is InChI=1S/C15H10O2S/c16-13(8-7-12-5-3-9-18-12)15-10-11-4-1-2-6-14(11)17-15/h1-10H/b8-7+. The molecule has 0 unspecified atom stereocenters. The van der Waals surface area contributed by atoms with E-state index in [0.29, 0.717) is 5.76 Å². The molecular formula is C15H10O2S. The number of rotatable bonds is 3. The molecule has 0 N–H and O–H groups in total. The van der Waals surface area contributed by atoms with Crippen molar-refractivity contribution in [2.75, 3.05) is 0 Å². The van der Waals surface area contributed by atoms with Crippen molar-refractivity contribution in [3.8, 4) is 0 Å². The summed E-state index contributed by atoms with van der Waals surface area (Å²) in [6.07, 6.45) is 3.35. The van der Waals surface area contributed by atoms with Crippen molar-refractivity contribution in [1.29, 1.82) is 0 Å². The van der Waals surface area contributed by atoms with Gasteiger partial charge in [-0.15, -0.1) is 11.3 Å². The Balaban J connectivity index is 1.88. The van der Waals surface area contributed by atoms with E-state index < -0.39 is 0 Å². The maximum absolute atomic E-state index is 11.9. The number of hydrogen-bond acceptors (Lipinski definition) is 3. The van der Waals surface area contributed by atoms with E-state index >= 15 is 0 Å². The third-order valence-electron chi connectivity index (χ3n) is 2.61. The van der Waals surface area contributed by atoms with Gasteiger partial charge in [-0.25, -0.2) is 0 Å². The van der Waals surface area contributed by atoms with E-state index in [1.807, 2.05) is 41.8 Å². The lowest BCUT2D eigenvalue weighted by Gasteiger charge is -1.87. The van der Waals surface area contributed by atoms with Crippen LogP contribution in [0.4, 0.5) is 0 Å². The predicted molar refractivity (Wildman–Crippen MR) is 73.9 cm³/mol.